The molecule has 0 radical (unpaired) electrons. The predicted octanol–water partition coefficient (Wildman–Crippen LogP) is 3.89. The molecule has 0 saturated carbocycles. The molecule has 0 aliphatic rings. The molecule has 0 fully saturated rings. The third kappa shape index (κ3) is 3.47. The Labute approximate surface area is 121 Å². The summed E-state index contributed by atoms with van der Waals surface area (Å²) in [7, 11) is 0. The van der Waals surface area contributed by atoms with E-state index in [0.717, 1.165) is 18.4 Å². The fourth-order valence-electron chi connectivity index (χ4n) is 1.74. The van der Waals surface area contributed by atoms with Gasteiger partial charge in [-0.05, 0) is 37.6 Å². The summed E-state index contributed by atoms with van der Waals surface area (Å²) in [6, 6.07) is 5.25. The highest BCUT2D eigenvalue weighted by atomic mass is 35.5. The van der Waals surface area contributed by atoms with Crippen molar-refractivity contribution >= 4 is 23.2 Å². The van der Waals surface area contributed by atoms with Crippen molar-refractivity contribution in [2.45, 2.75) is 25.7 Å². The minimum absolute atomic E-state index is 0.201. The second kappa shape index (κ2) is 6.37. The van der Waals surface area contributed by atoms with Gasteiger partial charge in [0.2, 0.25) is 11.7 Å². The molecule has 0 bridgehead atoms. The summed E-state index contributed by atoms with van der Waals surface area (Å²) in [5.74, 6) is 1.34. The molecule has 102 valence electrons. The summed E-state index contributed by atoms with van der Waals surface area (Å²) < 4.78 is 5.27. The zero-order chi connectivity index (χ0) is 13.8. The minimum Gasteiger partial charge on any atom is -0.339 e. The van der Waals surface area contributed by atoms with Crippen LogP contribution < -0.4 is 5.73 Å². The molecule has 0 aliphatic heterocycles. The number of hydrogen-bond donors (Lipinski definition) is 1. The molecule has 1 heterocycles. The average Bonchev–Trinajstić information content (AvgIpc) is 2.89. The molecule has 0 amide bonds. The summed E-state index contributed by atoms with van der Waals surface area (Å²) in [6.07, 6.45) is 1.87. The van der Waals surface area contributed by atoms with E-state index >= 15 is 0 Å². The molecule has 2 N–H and O–H groups in total. The van der Waals surface area contributed by atoms with Crippen LogP contribution in [0.15, 0.2) is 22.7 Å². The van der Waals surface area contributed by atoms with E-state index in [1.807, 2.05) is 13.0 Å². The van der Waals surface area contributed by atoms with Gasteiger partial charge in [0.25, 0.3) is 0 Å². The Kier molecular flexibility index (Phi) is 4.80. The van der Waals surface area contributed by atoms with Gasteiger partial charge in [-0.3, -0.25) is 0 Å². The quantitative estimate of drug-likeness (QED) is 0.910. The standard InChI is InChI=1S/C13H15Cl2N3O/c1-8(3-2-6-16)13-17-12(18-19-13)9-4-5-10(14)11(15)7-9/h4-5,7-8H,2-3,6,16H2,1H3. The van der Waals surface area contributed by atoms with E-state index in [-0.39, 0.29) is 5.92 Å². The van der Waals surface area contributed by atoms with Crippen LogP contribution in [0.25, 0.3) is 11.4 Å². The Morgan fingerprint density at radius 2 is 2.11 bits per heavy atom. The number of nitrogens with two attached hydrogens (primary N) is 1. The fraction of sp³-hybridized carbons (Fsp3) is 0.385. The van der Waals surface area contributed by atoms with Gasteiger partial charge in [-0.25, -0.2) is 0 Å². The predicted molar refractivity (Wildman–Crippen MR) is 76.5 cm³/mol. The summed E-state index contributed by atoms with van der Waals surface area (Å²) >= 11 is 11.8. The molecule has 1 aromatic carbocycles. The molecule has 0 saturated heterocycles. The first-order chi connectivity index (χ1) is 9.11. The number of hydrogen-bond acceptors (Lipinski definition) is 4. The highest BCUT2D eigenvalue weighted by Crippen LogP contribution is 2.28. The molecule has 2 aromatic rings. The monoisotopic (exact) mass is 299 g/mol. The number of halogens is 2. The van der Waals surface area contributed by atoms with E-state index in [9.17, 15) is 0 Å². The third-order valence-electron chi connectivity index (χ3n) is 2.88. The zero-order valence-electron chi connectivity index (χ0n) is 10.6. The van der Waals surface area contributed by atoms with Gasteiger partial charge in [0.1, 0.15) is 0 Å². The van der Waals surface area contributed by atoms with E-state index in [0.29, 0.717) is 28.3 Å². The maximum Gasteiger partial charge on any atom is 0.229 e. The van der Waals surface area contributed by atoms with Crippen LogP contribution in [0, 0.1) is 0 Å². The topological polar surface area (TPSA) is 64.9 Å². The third-order valence-corrected chi connectivity index (χ3v) is 3.62. The second-order valence-electron chi connectivity index (χ2n) is 4.42. The van der Waals surface area contributed by atoms with Gasteiger partial charge in [-0.1, -0.05) is 35.3 Å². The highest BCUT2D eigenvalue weighted by molar-refractivity contribution is 6.42. The number of rotatable bonds is 5. The van der Waals surface area contributed by atoms with E-state index < -0.39 is 0 Å². The Morgan fingerprint density at radius 3 is 2.79 bits per heavy atom. The van der Waals surface area contributed by atoms with Crippen molar-refractivity contribution in [3.05, 3.63) is 34.1 Å². The molecule has 4 nitrogen and oxygen atoms in total. The van der Waals surface area contributed by atoms with E-state index in [1.165, 1.54) is 0 Å². The summed E-state index contributed by atoms with van der Waals surface area (Å²) in [5, 5.41) is 4.95. The first-order valence-electron chi connectivity index (χ1n) is 6.11. The molecular formula is C13H15Cl2N3O. The lowest BCUT2D eigenvalue weighted by Gasteiger charge is -2.03. The molecule has 6 heteroatoms. The van der Waals surface area contributed by atoms with Crippen molar-refractivity contribution in [1.82, 2.24) is 10.1 Å². The highest BCUT2D eigenvalue weighted by Gasteiger charge is 2.15. The maximum absolute atomic E-state index is 5.97. The van der Waals surface area contributed by atoms with Gasteiger partial charge in [-0.15, -0.1) is 0 Å². The Balaban J connectivity index is 2.18. The Morgan fingerprint density at radius 1 is 1.32 bits per heavy atom. The van der Waals surface area contributed by atoms with E-state index in [4.69, 9.17) is 33.5 Å². The van der Waals surface area contributed by atoms with Crippen molar-refractivity contribution < 1.29 is 4.52 Å². The van der Waals surface area contributed by atoms with Crippen molar-refractivity contribution in [1.29, 1.82) is 0 Å². The average molecular weight is 300 g/mol. The molecule has 2 rings (SSSR count). The largest absolute Gasteiger partial charge is 0.339 e. The molecular weight excluding hydrogens is 285 g/mol. The van der Waals surface area contributed by atoms with Crippen LogP contribution in [-0.4, -0.2) is 16.7 Å². The summed E-state index contributed by atoms with van der Waals surface area (Å²) in [6.45, 7) is 2.71. The fourth-order valence-corrected chi connectivity index (χ4v) is 2.03. The molecule has 19 heavy (non-hydrogen) atoms. The summed E-state index contributed by atoms with van der Waals surface area (Å²) in [5.41, 5.74) is 6.28. The first kappa shape index (κ1) is 14.3. The van der Waals surface area contributed by atoms with Crippen LogP contribution in [0.5, 0.6) is 0 Å². The molecule has 1 unspecified atom stereocenters. The van der Waals surface area contributed by atoms with Crippen molar-refractivity contribution in [3.63, 3.8) is 0 Å². The lowest BCUT2D eigenvalue weighted by atomic mass is 10.1. The van der Waals surface area contributed by atoms with E-state index in [2.05, 4.69) is 10.1 Å². The van der Waals surface area contributed by atoms with Crippen LogP contribution >= 0.6 is 23.2 Å². The Bertz CT molecular complexity index is 557. The van der Waals surface area contributed by atoms with Crippen LogP contribution in [0.2, 0.25) is 10.0 Å². The van der Waals surface area contributed by atoms with E-state index in [1.54, 1.807) is 12.1 Å². The SMILES string of the molecule is CC(CCCN)c1nc(-c2ccc(Cl)c(Cl)c2)no1. The molecule has 0 aliphatic carbocycles. The maximum atomic E-state index is 5.97. The van der Waals surface area contributed by atoms with Crippen LogP contribution in [0.4, 0.5) is 0 Å². The zero-order valence-corrected chi connectivity index (χ0v) is 12.1. The Hall–Kier alpha value is -1.10. The van der Waals surface area contributed by atoms with Crippen molar-refractivity contribution in [2.24, 2.45) is 5.73 Å². The normalized spacial score (nSPS) is 12.6. The first-order valence-corrected chi connectivity index (χ1v) is 6.86. The van der Waals surface area contributed by atoms with Crippen molar-refractivity contribution in [3.8, 4) is 11.4 Å². The number of nitrogens with zero attached hydrogens (tertiary/aromatic N) is 2. The molecule has 1 atom stereocenters. The smallest absolute Gasteiger partial charge is 0.229 e. The second-order valence-corrected chi connectivity index (χ2v) is 5.23. The van der Waals surface area contributed by atoms with Crippen LogP contribution in [-0.2, 0) is 0 Å². The lowest BCUT2D eigenvalue weighted by molar-refractivity contribution is 0.352. The van der Waals surface area contributed by atoms with Gasteiger partial charge >= 0.3 is 0 Å². The van der Waals surface area contributed by atoms with Gasteiger partial charge in [0.15, 0.2) is 0 Å². The van der Waals surface area contributed by atoms with Crippen LogP contribution in [0.1, 0.15) is 31.6 Å². The van der Waals surface area contributed by atoms with Gasteiger partial charge in [0.05, 0.1) is 10.0 Å². The molecule has 0 spiro atoms. The van der Waals surface area contributed by atoms with Crippen molar-refractivity contribution in [2.75, 3.05) is 6.54 Å². The number of benzene rings is 1. The van der Waals surface area contributed by atoms with Crippen LogP contribution in [0.3, 0.4) is 0 Å². The van der Waals surface area contributed by atoms with Gasteiger partial charge < -0.3 is 10.3 Å². The van der Waals surface area contributed by atoms with Gasteiger partial charge in [0, 0.05) is 11.5 Å². The number of aromatic nitrogens is 2. The summed E-state index contributed by atoms with van der Waals surface area (Å²) in [4.78, 5) is 4.38. The molecule has 1 aromatic heterocycles. The minimum atomic E-state index is 0.201. The van der Waals surface area contributed by atoms with Gasteiger partial charge in [-0.2, -0.15) is 4.98 Å². The lowest BCUT2D eigenvalue weighted by Crippen LogP contribution is -2.02.